The molecule has 1 aromatic heterocycles. The quantitative estimate of drug-likeness (QED) is 0.437. The molecule has 4 rings (SSSR count). The van der Waals surface area contributed by atoms with E-state index >= 15 is 0 Å². The summed E-state index contributed by atoms with van der Waals surface area (Å²) in [5, 5.41) is 13.1. The summed E-state index contributed by atoms with van der Waals surface area (Å²) < 4.78 is 30.8. The van der Waals surface area contributed by atoms with Crippen molar-refractivity contribution in [2.45, 2.75) is 58.3 Å². The third kappa shape index (κ3) is 5.45. The van der Waals surface area contributed by atoms with E-state index in [2.05, 4.69) is 28.0 Å². The summed E-state index contributed by atoms with van der Waals surface area (Å²) in [6.07, 6.45) is 2.67. The van der Waals surface area contributed by atoms with Gasteiger partial charge in [0.1, 0.15) is 0 Å². The van der Waals surface area contributed by atoms with Crippen molar-refractivity contribution in [1.29, 1.82) is 0 Å². The summed E-state index contributed by atoms with van der Waals surface area (Å²) in [4.78, 5) is 18.0. The maximum Gasteiger partial charge on any atom is 0.344 e. The van der Waals surface area contributed by atoms with Crippen LogP contribution in [0.25, 0.3) is 22.8 Å². The summed E-state index contributed by atoms with van der Waals surface area (Å²) in [6.45, 7) is 5.37. The van der Waals surface area contributed by atoms with Gasteiger partial charge in [0, 0.05) is 42.1 Å². The number of nitrogens with zero attached hydrogens (tertiary/aromatic N) is 3. The minimum absolute atomic E-state index is 0.140. The summed E-state index contributed by atoms with van der Waals surface area (Å²) in [7, 11) is 1.67. The number of rotatable bonds is 9. The van der Waals surface area contributed by atoms with E-state index < -0.39 is 17.9 Å². The van der Waals surface area contributed by atoms with Gasteiger partial charge in [0.25, 0.3) is 5.89 Å². The van der Waals surface area contributed by atoms with Gasteiger partial charge in [0.05, 0.1) is 6.61 Å². The molecule has 2 heterocycles. The fourth-order valence-corrected chi connectivity index (χ4v) is 4.38. The number of carbonyl (C=O) groups is 1. The zero-order valence-corrected chi connectivity index (χ0v) is 20.2. The van der Waals surface area contributed by atoms with Gasteiger partial charge in [-0.05, 0) is 69.0 Å². The van der Waals surface area contributed by atoms with E-state index in [1.54, 1.807) is 20.1 Å². The lowest BCUT2D eigenvalue weighted by molar-refractivity contribution is -0.145. The van der Waals surface area contributed by atoms with Crippen LogP contribution in [0, 0.1) is 5.82 Å². The van der Waals surface area contributed by atoms with E-state index in [9.17, 15) is 9.18 Å². The molecule has 2 aromatic carbocycles. The van der Waals surface area contributed by atoms with Crippen LogP contribution >= 0.6 is 0 Å². The first-order valence-corrected chi connectivity index (χ1v) is 11.8. The molecule has 1 aliphatic rings. The number of hydrogen-bond acceptors (Lipinski definition) is 7. The van der Waals surface area contributed by atoms with Crippen LogP contribution in [0.3, 0.4) is 0 Å². The Hall–Kier alpha value is -3.46. The molecule has 1 fully saturated rings. The lowest BCUT2D eigenvalue weighted by Crippen LogP contribution is -2.38. The zero-order valence-electron chi connectivity index (χ0n) is 20.2. The molecule has 0 aliphatic carbocycles. The fourth-order valence-electron chi connectivity index (χ4n) is 4.38. The Morgan fingerprint density at radius 2 is 2.06 bits per heavy atom. The number of aliphatic carboxylic acids is 1. The second-order valence-electron chi connectivity index (χ2n) is 8.74. The SMILES string of the molecule is CCC(Oc1ccc(-c2noc(-c3ccc(N4CCCCC4C)c(COC)c3)n2)cc1F)C(=O)O. The normalized spacial score (nSPS) is 16.8. The summed E-state index contributed by atoms with van der Waals surface area (Å²) >= 11 is 0. The highest BCUT2D eigenvalue weighted by Gasteiger charge is 2.23. The first-order valence-electron chi connectivity index (χ1n) is 11.8. The van der Waals surface area contributed by atoms with Crippen LogP contribution in [-0.2, 0) is 16.1 Å². The van der Waals surface area contributed by atoms with Crippen molar-refractivity contribution in [3.63, 3.8) is 0 Å². The van der Waals surface area contributed by atoms with E-state index in [1.165, 1.54) is 25.0 Å². The Labute approximate surface area is 203 Å². The van der Waals surface area contributed by atoms with Gasteiger partial charge in [-0.15, -0.1) is 0 Å². The number of halogens is 1. The Morgan fingerprint density at radius 3 is 2.74 bits per heavy atom. The molecular weight excluding hydrogens is 453 g/mol. The van der Waals surface area contributed by atoms with Crippen molar-refractivity contribution in [2.24, 2.45) is 0 Å². The van der Waals surface area contributed by atoms with Gasteiger partial charge < -0.3 is 24.0 Å². The van der Waals surface area contributed by atoms with Crippen LogP contribution in [0.5, 0.6) is 5.75 Å². The van der Waals surface area contributed by atoms with E-state index in [4.69, 9.17) is 19.1 Å². The predicted molar refractivity (Wildman–Crippen MR) is 129 cm³/mol. The third-order valence-corrected chi connectivity index (χ3v) is 6.27. The average molecular weight is 484 g/mol. The highest BCUT2D eigenvalue weighted by Crippen LogP contribution is 2.33. The summed E-state index contributed by atoms with van der Waals surface area (Å²) in [5.74, 6) is -1.45. The van der Waals surface area contributed by atoms with E-state index in [1.807, 2.05) is 12.1 Å². The van der Waals surface area contributed by atoms with Gasteiger partial charge in [0.2, 0.25) is 5.82 Å². The second-order valence-corrected chi connectivity index (χ2v) is 8.74. The number of methoxy groups -OCH3 is 1. The van der Waals surface area contributed by atoms with Gasteiger partial charge in [0.15, 0.2) is 17.7 Å². The molecule has 2 atom stereocenters. The molecule has 0 spiro atoms. The smallest absolute Gasteiger partial charge is 0.344 e. The number of benzene rings is 2. The average Bonchev–Trinajstić information content (AvgIpc) is 3.34. The Balaban J connectivity index is 1.58. The maximum atomic E-state index is 14.6. The van der Waals surface area contributed by atoms with Crippen molar-refractivity contribution in [2.75, 3.05) is 18.6 Å². The molecular formula is C26H30FN3O5. The molecule has 8 nitrogen and oxygen atoms in total. The van der Waals surface area contributed by atoms with Crippen molar-refractivity contribution in [1.82, 2.24) is 10.1 Å². The summed E-state index contributed by atoms with van der Waals surface area (Å²) in [5.41, 5.74) is 3.32. The maximum absolute atomic E-state index is 14.6. The van der Waals surface area contributed by atoms with Crippen LogP contribution < -0.4 is 9.64 Å². The van der Waals surface area contributed by atoms with Gasteiger partial charge in [-0.2, -0.15) is 4.98 Å². The topological polar surface area (TPSA) is 97.9 Å². The van der Waals surface area contributed by atoms with Gasteiger partial charge in [-0.1, -0.05) is 12.1 Å². The first-order chi connectivity index (χ1) is 16.9. The van der Waals surface area contributed by atoms with Crippen LogP contribution in [-0.4, -0.2) is 47.0 Å². The van der Waals surface area contributed by atoms with E-state index in [0.29, 0.717) is 24.1 Å². The number of piperidine rings is 1. The van der Waals surface area contributed by atoms with Gasteiger partial charge in [-0.3, -0.25) is 0 Å². The van der Waals surface area contributed by atoms with E-state index in [-0.39, 0.29) is 18.0 Å². The van der Waals surface area contributed by atoms with Crippen molar-refractivity contribution >= 4 is 11.7 Å². The van der Waals surface area contributed by atoms with Crippen molar-refractivity contribution in [3.05, 3.63) is 47.8 Å². The molecule has 0 radical (unpaired) electrons. The Kier molecular flexibility index (Phi) is 7.65. The molecule has 35 heavy (non-hydrogen) atoms. The highest BCUT2D eigenvalue weighted by atomic mass is 19.1. The monoisotopic (exact) mass is 483 g/mol. The zero-order chi connectivity index (χ0) is 24.9. The molecule has 3 aromatic rings. The Bertz CT molecular complexity index is 1180. The predicted octanol–water partition coefficient (Wildman–Crippen LogP) is 5.31. The minimum Gasteiger partial charge on any atom is -0.479 e. The number of hydrogen-bond donors (Lipinski definition) is 1. The van der Waals surface area contributed by atoms with Crippen molar-refractivity contribution < 1.29 is 28.3 Å². The van der Waals surface area contributed by atoms with Crippen LogP contribution in [0.2, 0.25) is 0 Å². The van der Waals surface area contributed by atoms with Crippen LogP contribution in [0.1, 0.15) is 45.1 Å². The molecule has 0 bridgehead atoms. The lowest BCUT2D eigenvalue weighted by atomic mass is 10.00. The summed E-state index contributed by atoms with van der Waals surface area (Å²) in [6, 6.07) is 10.6. The molecule has 1 N–H and O–H groups in total. The number of aromatic nitrogens is 2. The molecule has 1 aliphatic heterocycles. The van der Waals surface area contributed by atoms with E-state index in [0.717, 1.165) is 29.8 Å². The number of carboxylic acid groups (broad SMARTS) is 1. The third-order valence-electron chi connectivity index (χ3n) is 6.27. The Morgan fingerprint density at radius 1 is 1.26 bits per heavy atom. The molecule has 1 saturated heterocycles. The molecule has 0 saturated carbocycles. The lowest BCUT2D eigenvalue weighted by Gasteiger charge is -2.36. The number of carboxylic acids is 1. The number of anilines is 1. The molecule has 0 amide bonds. The standard InChI is InChI=1S/C26H30FN3O5/c1-4-22(26(31)32)34-23-11-9-17(14-20(23)27)24-28-25(35-29-24)18-8-10-21(19(13-18)15-33-3)30-12-6-5-7-16(30)2/h8-11,13-14,16,22H,4-7,12,15H2,1-3H3,(H,31,32). The molecule has 9 heteroatoms. The van der Waals surface area contributed by atoms with Crippen LogP contribution in [0.15, 0.2) is 40.9 Å². The van der Waals surface area contributed by atoms with Gasteiger partial charge >= 0.3 is 5.97 Å². The second kappa shape index (κ2) is 10.9. The molecule has 186 valence electrons. The highest BCUT2D eigenvalue weighted by molar-refractivity contribution is 5.72. The largest absolute Gasteiger partial charge is 0.479 e. The first kappa shape index (κ1) is 24.7. The fraction of sp³-hybridized carbons (Fsp3) is 0.423. The van der Waals surface area contributed by atoms with Crippen LogP contribution in [0.4, 0.5) is 10.1 Å². The van der Waals surface area contributed by atoms with Gasteiger partial charge in [-0.25, -0.2) is 9.18 Å². The van der Waals surface area contributed by atoms with Crippen molar-refractivity contribution in [3.8, 4) is 28.6 Å². The minimum atomic E-state index is -1.15. The molecule has 2 unspecified atom stereocenters. The number of ether oxygens (including phenoxy) is 2.